The van der Waals surface area contributed by atoms with E-state index in [1.165, 1.54) is 9.36 Å². The molecule has 7 heteroatoms. The third kappa shape index (κ3) is 3.40. The summed E-state index contributed by atoms with van der Waals surface area (Å²) in [6, 6.07) is 12.9. The lowest BCUT2D eigenvalue weighted by atomic mass is 10.1. The maximum Gasteiger partial charge on any atom is 0.368 e. The maximum absolute atomic E-state index is 12.3. The zero-order chi connectivity index (χ0) is 19.0. The summed E-state index contributed by atoms with van der Waals surface area (Å²) >= 11 is 0. The number of ether oxygens (including phenoxy) is 1. The first-order chi connectivity index (χ1) is 13.0. The van der Waals surface area contributed by atoms with Gasteiger partial charge >= 0.3 is 5.69 Å². The molecule has 0 unspecified atom stereocenters. The Kier molecular flexibility index (Phi) is 4.35. The van der Waals surface area contributed by atoms with E-state index in [0.717, 1.165) is 24.0 Å². The summed E-state index contributed by atoms with van der Waals surface area (Å²) in [7, 11) is 1.56. The lowest BCUT2D eigenvalue weighted by Crippen LogP contribution is -2.23. The van der Waals surface area contributed by atoms with Crippen LogP contribution in [0.3, 0.4) is 0 Å². The third-order valence-corrected chi connectivity index (χ3v) is 4.79. The number of hydrogen-bond donors (Lipinski definition) is 0. The first-order valence-electron chi connectivity index (χ1n) is 8.89. The zero-order valence-electron chi connectivity index (χ0n) is 15.3. The highest BCUT2D eigenvalue weighted by Crippen LogP contribution is 2.33. The van der Waals surface area contributed by atoms with E-state index < -0.39 is 0 Å². The molecule has 4 rings (SSSR count). The van der Waals surface area contributed by atoms with Gasteiger partial charge in [0.1, 0.15) is 12.4 Å². The number of Topliss-reactive ketones (excluding diaryl/α,β-unsaturated/α-hetero) is 1. The molecule has 0 radical (unpaired) electrons. The van der Waals surface area contributed by atoms with Crippen LogP contribution in [0.1, 0.15) is 34.3 Å². The third-order valence-electron chi connectivity index (χ3n) is 4.79. The molecule has 1 aromatic heterocycles. The Morgan fingerprint density at radius 1 is 1.19 bits per heavy atom. The van der Waals surface area contributed by atoms with Gasteiger partial charge in [-0.2, -0.15) is 9.36 Å². The first-order valence-corrected chi connectivity index (χ1v) is 8.89. The van der Waals surface area contributed by atoms with Crippen molar-refractivity contribution in [3.05, 3.63) is 69.6 Å². The number of tetrazole rings is 1. The Morgan fingerprint density at radius 2 is 1.96 bits per heavy atom. The number of benzene rings is 2. The van der Waals surface area contributed by atoms with Gasteiger partial charge in [0.15, 0.2) is 5.78 Å². The number of hydrogen-bond acceptors (Lipinski definition) is 5. The lowest BCUT2D eigenvalue weighted by Gasteiger charge is -2.13. The van der Waals surface area contributed by atoms with Crippen molar-refractivity contribution < 1.29 is 9.53 Å². The van der Waals surface area contributed by atoms with Crippen LogP contribution in [0, 0.1) is 12.8 Å². The molecule has 138 valence electrons. The number of carbonyl (C=O) groups excluding carboxylic acids is 1. The molecular formula is C20H20N4O3. The van der Waals surface area contributed by atoms with Crippen LogP contribution >= 0.6 is 0 Å². The monoisotopic (exact) mass is 364 g/mol. The molecule has 0 saturated heterocycles. The molecule has 0 atom stereocenters. The van der Waals surface area contributed by atoms with E-state index >= 15 is 0 Å². The fourth-order valence-corrected chi connectivity index (χ4v) is 3.01. The average Bonchev–Trinajstić information content (AvgIpc) is 3.47. The van der Waals surface area contributed by atoms with Crippen molar-refractivity contribution in [1.29, 1.82) is 0 Å². The first kappa shape index (κ1) is 17.2. The van der Waals surface area contributed by atoms with Crippen LogP contribution in [-0.4, -0.2) is 25.6 Å². The normalized spacial score (nSPS) is 13.6. The minimum Gasteiger partial charge on any atom is -0.489 e. The van der Waals surface area contributed by atoms with Gasteiger partial charge in [0.05, 0.1) is 5.69 Å². The van der Waals surface area contributed by atoms with Gasteiger partial charge in [0, 0.05) is 24.1 Å². The summed E-state index contributed by atoms with van der Waals surface area (Å²) in [6.45, 7) is 2.21. The summed E-state index contributed by atoms with van der Waals surface area (Å²) in [5, 5.41) is 7.70. The molecule has 0 aliphatic heterocycles. The standard InChI is InChI=1S/C20H20N4O3/c1-13-5-3-8-18(24-20(26)23(2)21-22-24)17(13)12-27-16-7-4-6-15(11-16)19(25)14-9-10-14/h3-8,11,14H,9-10,12H2,1-2H3. The van der Waals surface area contributed by atoms with E-state index in [9.17, 15) is 9.59 Å². The molecule has 0 amide bonds. The molecule has 2 aromatic carbocycles. The zero-order valence-corrected chi connectivity index (χ0v) is 15.3. The number of ketones is 1. The predicted octanol–water partition coefficient (Wildman–Crippen LogP) is 2.45. The molecule has 7 nitrogen and oxygen atoms in total. The molecular weight excluding hydrogens is 344 g/mol. The molecule has 0 spiro atoms. The highest BCUT2D eigenvalue weighted by atomic mass is 16.5. The smallest absolute Gasteiger partial charge is 0.368 e. The van der Waals surface area contributed by atoms with Crippen molar-refractivity contribution in [3.63, 3.8) is 0 Å². The summed E-state index contributed by atoms with van der Waals surface area (Å²) in [5.74, 6) is 0.983. The second-order valence-electron chi connectivity index (χ2n) is 6.82. The van der Waals surface area contributed by atoms with Gasteiger partial charge < -0.3 is 4.74 Å². The van der Waals surface area contributed by atoms with Gasteiger partial charge in [-0.3, -0.25) is 4.79 Å². The Labute approximate surface area is 156 Å². The predicted molar refractivity (Wildman–Crippen MR) is 99.2 cm³/mol. The highest BCUT2D eigenvalue weighted by molar-refractivity contribution is 5.99. The van der Waals surface area contributed by atoms with Gasteiger partial charge in [-0.05, 0) is 54.0 Å². The van der Waals surface area contributed by atoms with E-state index in [2.05, 4.69) is 10.4 Å². The molecule has 3 aromatic rings. The number of rotatable bonds is 6. The molecule has 1 aliphatic carbocycles. The largest absolute Gasteiger partial charge is 0.489 e. The Hall–Kier alpha value is -3.22. The van der Waals surface area contributed by atoms with Crippen LogP contribution in [0.4, 0.5) is 0 Å². The fourth-order valence-electron chi connectivity index (χ4n) is 3.01. The van der Waals surface area contributed by atoms with Gasteiger partial charge in [-0.1, -0.05) is 24.3 Å². The Bertz CT molecular complexity index is 1060. The van der Waals surface area contributed by atoms with Gasteiger partial charge in [0.25, 0.3) is 0 Å². The number of carbonyl (C=O) groups is 1. The maximum atomic E-state index is 12.3. The van der Waals surface area contributed by atoms with Gasteiger partial charge in [0.2, 0.25) is 0 Å². The van der Waals surface area contributed by atoms with Gasteiger partial charge in [-0.15, -0.1) is 0 Å². The Morgan fingerprint density at radius 3 is 2.67 bits per heavy atom. The number of aryl methyl sites for hydroxylation is 2. The molecule has 1 aliphatic rings. The van der Waals surface area contributed by atoms with E-state index in [1.807, 2.05) is 43.3 Å². The van der Waals surface area contributed by atoms with Crippen molar-refractivity contribution >= 4 is 5.78 Å². The van der Waals surface area contributed by atoms with Crippen molar-refractivity contribution in [2.24, 2.45) is 13.0 Å². The van der Waals surface area contributed by atoms with Gasteiger partial charge in [-0.25, -0.2) is 4.79 Å². The minimum atomic E-state index is -0.320. The fraction of sp³-hybridized carbons (Fsp3) is 0.300. The van der Waals surface area contributed by atoms with Crippen LogP contribution in [0.25, 0.3) is 5.69 Å². The van der Waals surface area contributed by atoms with Crippen LogP contribution in [0.15, 0.2) is 47.3 Å². The summed E-state index contributed by atoms with van der Waals surface area (Å²) in [5.41, 5.74) is 2.83. The lowest BCUT2D eigenvalue weighted by molar-refractivity contribution is 0.0967. The highest BCUT2D eigenvalue weighted by Gasteiger charge is 2.30. The quantitative estimate of drug-likeness (QED) is 0.628. The second kappa shape index (κ2) is 6.83. The summed E-state index contributed by atoms with van der Waals surface area (Å²) < 4.78 is 8.39. The summed E-state index contributed by atoms with van der Waals surface area (Å²) in [4.78, 5) is 24.5. The van der Waals surface area contributed by atoms with E-state index in [1.54, 1.807) is 13.1 Å². The van der Waals surface area contributed by atoms with Crippen molar-refractivity contribution in [3.8, 4) is 11.4 Å². The minimum absolute atomic E-state index is 0.173. The average molecular weight is 364 g/mol. The summed E-state index contributed by atoms with van der Waals surface area (Å²) in [6.07, 6.45) is 1.95. The molecule has 27 heavy (non-hydrogen) atoms. The SMILES string of the molecule is Cc1cccc(-n2nnn(C)c2=O)c1COc1cccc(C(=O)C2CC2)c1. The van der Waals surface area contributed by atoms with E-state index in [4.69, 9.17) is 4.74 Å². The number of nitrogens with zero attached hydrogens (tertiary/aromatic N) is 4. The molecule has 1 heterocycles. The van der Waals surface area contributed by atoms with Crippen molar-refractivity contribution in [1.82, 2.24) is 19.8 Å². The number of aromatic nitrogens is 4. The molecule has 1 fully saturated rings. The van der Waals surface area contributed by atoms with Crippen LogP contribution in [0.5, 0.6) is 5.75 Å². The molecule has 1 saturated carbocycles. The topological polar surface area (TPSA) is 79.0 Å². The van der Waals surface area contributed by atoms with E-state index in [0.29, 0.717) is 17.0 Å². The second-order valence-corrected chi connectivity index (χ2v) is 6.82. The van der Waals surface area contributed by atoms with Crippen molar-refractivity contribution in [2.45, 2.75) is 26.4 Å². The van der Waals surface area contributed by atoms with Crippen molar-refractivity contribution in [2.75, 3.05) is 0 Å². The molecule has 0 N–H and O–H groups in total. The van der Waals surface area contributed by atoms with E-state index in [-0.39, 0.29) is 24.0 Å². The van der Waals surface area contributed by atoms with Crippen LogP contribution in [0.2, 0.25) is 0 Å². The molecule has 0 bridgehead atoms. The Balaban J connectivity index is 1.60. The van der Waals surface area contributed by atoms with Crippen LogP contribution in [-0.2, 0) is 13.7 Å². The van der Waals surface area contributed by atoms with Crippen LogP contribution < -0.4 is 10.4 Å².